The second kappa shape index (κ2) is 8.38. The lowest BCUT2D eigenvalue weighted by molar-refractivity contribution is -0.121. The molecule has 1 atom stereocenters. The maximum atomic E-state index is 11.1. The first-order valence-corrected chi connectivity index (χ1v) is 6.00. The van der Waals surface area contributed by atoms with Gasteiger partial charge in [0.25, 0.3) is 0 Å². The Balaban J connectivity index is 3.20. The summed E-state index contributed by atoms with van der Waals surface area (Å²) in [5, 5.41) is 11.7. The Hall–Kier alpha value is -0.220. The molecule has 0 heterocycles. The summed E-state index contributed by atoms with van der Waals surface area (Å²) < 4.78 is 0. The van der Waals surface area contributed by atoms with Crippen molar-refractivity contribution in [3.05, 3.63) is 0 Å². The molecule has 0 aliphatic rings. The topological polar surface area (TPSA) is 49.3 Å². The van der Waals surface area contributed by atoms with E-state index in [1.54, 1.807) is 18.7 Å². The molecular weight excluding hydrogens is 186 g/mol. The van der Waals surface area contributed by atoms with Gasteiger partial charge in [-0.05, 0) is 31.8 Å². The summed E-state index contributed by atoms with van der Waals surface area (Å²) >= 11 is 1.75. The van der Waals surface area contributed by atoms with E-state index in [-0.39, 0.29) is 12.0 Å². The quantitative estimate of drug-likeness (QED) is 0.610. The highest BCUT2D eigenvalue weighted by Crippen LogP contribution is 1.98. The van der Waals surface area contributed by atoms with Crippen molar-refractivity contribution in [2.24, 2.45) is 0 Å². The van der Waals surface area contributed by atoms with Gasteiger partial charge in [0.2, 0.25) is 5.91 Å². The largest absolute Gasteiger partial charge is 0.393 e. The van der Waals surface area contributed by atoms with Gasteiger partial charge in [-0.3, -0.25) is 4.79 Å². The molecule has 0 fully saturated rings. The van der Waals surface area contributed by atoms with Crippen molar-refractivity contribution in [1.82, 2.24) is 5.32 Å². The molecule has 1 amide bonds. The van der Waals surface area contributed by atoms with E-state index < -0.39 is 0 Å². The third-order valence-electron chi connectivity index (χ3n) is 1.64. The van der Waals surface area contributed by atoms with Crippen LogP contribution in [0.4, 0.5) is 0 Å². The Morgan fingerprint density at radius 3 is 2.85 bits per heavy atom. The van der Waals surface area contributed by atoms with Crippen molar-refractivity contribution < 1.29 is 9.90 Å². The van der Waals surface area contributed by atoms with E-state index in [9.17, 15) is 4.79 Å². The lowest BCUT2D eigenvalue weighted by atomic mass is 10.2. The third-order valence-corrected chi connectivity index (χ3v) is 2.33. The lowest BCUT2D eigenvalue weighted by Gasteiger charge is -2.06. The van der Waals surface area contributed by atoms with E-state index in [2.05, 4.69) is 5.32 Å². The van der Waals surface area contributed by atoms with Crippen LogP contribution in [0.25, 0.3) is 0 Å². The lowest BCUT2D eigenvalue weighted by Crippen LogP contribution is -2.26. The number of hydrogen-bond acceptors (Lipinski definition) is 3. The fraction of sp³-hybridized carbons (Fsp3) is 0.889. The first kappa shape index (κ1) is 12.8. The first-order valence-electron chi connectivity index (χ1n) is 4.60. The van der Waals surface area contributed by atoms with Crippen LogP contribution in [0, 0.1) is 0 Å². The van der Waals surface area contributed by atoms with Crippen molar-refractivity contribution in [1.29, 1.82) is 0 Å². The summed E-state index contributed by atoms with van der Waals surface area (Å²) in [6, 6.07) is 0. The van der Waals surface area contributed by atoms with E-state index in [4.69, 9.17) is 5.11 Å². The van der Waals surface area contributed by atoms with Crippen LogP contribution in [-0.4, -0.2) is 35.7 Å². The second-order valence-corrected chi connectivity index (χ2v) is 4.07. The van der Waals surface area contributed by atoms with Crippen LogP contribution in [0.1, 0.15) is 26.2 Å². The van der Waals surface area contributed by atoms with Gasteiger partial charge in [-0.1, -0.05) is 0 Å². The third kappa shape index (κ3) is 9.70. The number of carbonyl (C=O) groups is 1. The van der Waals surface area contributed by atoms with Crippen LogP contribution in [0.15, 0.2) is 0 Å². The molecule has 1 unspecified atom stereocenters. The maximum absolute atomic E-state index is 11.1. The molecule has 0 aliphatic carbocycles. The number of amides is 1. The fourth-order valence-corrected chi connectivity index (χ4v) is 1.32. The zero-order valence-electron chi connectivity index (χ0n) is 8.38. The van der Waals surface area contributed by atoms with Crippen LogP contribution >= 0.6 is 11.8 Å². The molecule has 0 bridgehead atoms. The van der Waals surface area contributed by atoms with Gasteiger partial charge >= 0.3 is 0 Å². The van der Waals surface area contributed by atoms with E-state index >= 15 is 0 Å². The van der Waals surface area contributed by atoms with E-state index in [0.29, 0.717) is 19.4 Å². The van der Waals surface area contributed by atoms with Gasteiger partial charge in [0.1, 0.15) is 0 Å². The zero-order chi connectivity index (χ0) is 10.1. The molecule has 0 aliphatic heterocycles. The Bertz CT molecular complexity index is 140. The summed E-state index contributed by atoms with van der Waals surface area (Å²) in [6.45, 7) is 2.30. The molecule has 0 aromatic heterocycles. The van der Waals surface area contributed by atoms with Crippen molar-refractivity contribution in [3.63, 3.8) is 0 Å². The number of aliphatic hydroxyl groups excluding tert-OH is 1. The Kier molecular flexibility index (Phi) is 8.24. The van der Waals surface area contributed by atoms with Crippen LogP contribution < -0.4 is 5.32 Å². The van der Waals surface area contributed by atoms with E-state index in [0.717, 1.165) is 12.2 Å². The van der Waals surface area contributed by atoms with Crippen LogP contribution in [0.5, 0.6) is 0 Å². The molecule has 0 rings (SSSR count). The average Bonchev–Trinajstić information content (AvgIpc) is 2.04. The number of thioether (sulfide) groups is 1. The van der Waals surface area contributed by atoms with Crippen LogP contribution in [0.2, 0.25) is 0 Å². The minimum absolute atomic E-state index is 0.0923. The molecule has 0 spiro atoms. The summed E-state index contributed by atoms with van der Waals surface area (Å²) in [6.07, 6.45) is 3.87. The van der Waals surface area contributed by atoms with Gasteiger partial charge in [0.15, 0.2) is 0 Å². The minimum Gasteiger partial charge on any atom is -0.393 e. The molecule has 0 saturated heterocycles. The number of nitrogens with one attached hydrogen (secondary N) is 1. The predicted molar refractivity (Wildman–Crippen MR) is 56.9 cm³/mol. The molecule has 3 nitrogen and oxygen atoms in total. The Morgan fingerprint density at radius 1 is 1.62 bits per heavy atom. The molecule has 0 radical (unpaired) electrons. The number of hydrogen-bond donors (Lipinski definition) is 2. The molecule has 13 heavy (non-hydrogen) atoms. The minimum atomic E-state index is -0.327. The van der Waals surface area contributed by atoms with Crippen molar-refractivity contribution in [2.75, 3.05) is 18.6 Å². The van der Waals surface area contributed by atoms with E-state index in [1.807, 2.05) is 6.26 Å². The fourth-order valence-electron chi connectivity index (χ4n) is 0.886. The Morgan fingerprint density at radius 2 is 2.31 bits per heavy atom. The SMILES string of the molecule is CSCCCC(=O)NCCC(C)O. The summed E-state index contributed by atoms with van der Waals surface area (Å²) in [5.41, 5.74) is 0. The number of aliphatic hydroxyl groups is 1. The second-order valence-electron chi connectivity index (χ2n) is 3.08. The standard InChI is InChI=1S/C9H19NO2S/c1-8(11)5-6-10-9(12)4-3-7-13-2/h8,11H,3-7H2,1-2H3,(H,10,12). The van der Waals surface area contributed by atoms with Crippen LogP contribution in [0.3, 0.4) is 0 Å². The molecule has 0 saturated carbocycles. The van der Waals surface area contributed by atoms with E-state index in [1.165, 1.54) is 0 Å². The van der Waals surface area contributed by atoms with Gasteiger partial charge in [0.05, 0.1) is 6.10 Å². The summed E-state index contributed by atoms with van der Waals surface area (Å²) in [4.78, 5) is 11.1. The monoisotopic (exact) mass is 205 g/mol. The normalized spacial score (nSPS) is 12.5. The molecular formula is C9H19NO2S. The predicted octanol–water partition coefficient (Wildman–Crippen LogP) is 1.02. The maximum Gasteiger partial charge on any atom is 0.220 e. The van der Waals surface area contributed by atoms with Gasteiger partial charge < -0.3 is 10.4 Å². The number of carbonyl (C=O) groups excluding carboxylic acids is 1. The molecule has 4 heteroatoms. The summed E-state index contributed by atoms with van der Waals surface area (Å²) in [7, 11) is 0. The molecule has 78 valence electrons. The molecule has 2 N–H and O–H groups in total. The first-order chi connectivity index (χ1) is 6.16. The van der Waals surface area contributed by atoms with Gasteiger partial charge in [-0.25, -0.2) is 0 Å². The highest BCUT2D eigenvalue weighted by Gasteiger charge is 2.00. The van der Waals surface area contributed by atoms with Crippen LogP contribution in [-0.2, 0) is 4.79 Å². The highest BCUT2D eigenvalue weighted by molar-refractivity contribution is 7.98. The smallest absolute Gasteiger partial charge is 0.220 e. The van der Waals surface area contributed by atoms with Gasteiger partial charge in [0, 0.05) is 13.0 Å². The van der Waals surface area contributed by atoms with Gasteiger partial charge in [-0.2, -0.15) is 11.8 Å². The average molecular weight is 205 g/mol. The summed E-state index contributed by atoms with van der Waals surface area (Å²) in [5.74, 6) is 1.12. The zero-order valence-corrected chi connectivity index (χ0v) is 9.19. The Labute approximate surface area is 84.3 Å². The number of rotatable bonds is 7. The molecule has 0 aromatic rings. The molecule has 0 aromatic carbocycles. The van der Waals surface area contributed by atoms with Crippen molar-refractivity contribution in [2.45, 2.75) is 32.3 Å². The van der Waals surface area contributed by atoms with Crippen molar-refractivity contribution in [3.8, 4) is 0 Å². The van der Waals surface area contributed by atoms with Gasteiger partial charge in [-0.15, -0.1) is 0 Å². The highest BCUT2D eigenvalue weighted by atomic mass is 32.2. The van der Waals surface area contributed by atoms with Crippen molar-refractivity contribution >= 4 is 17.7 Å².